The molecule has 1 fully saturated rings. The van der Waals surface area contributed by atoms with Crippen LogP contribution in [-0.4, -0.2) is 28.9 Å². The Morgan fingerprint density at radius 1 is 1.45 bits per heavy atom. The minimum Gasteiger partial charge on any atom is -0.478 e. The molecule has 0 bridgehead atoms. The van der Waals surface area contributed by atoms with Gasteiger partial charge in [0.1, 0.15) is 6.04 Å². The summed E-state index contributed by atoms with van der Waals surface area (Å²) in [4.78, 5) is 34.3. The number of benzene rings is 1. The third-order valence-corrected chi connectivity index (χ3v) is 3.29. The lowest BCUT2D eigenvalue weighted by atomic mass is 10.1. The summed E-state index contributed by atoms with van der Waals surface area (Å²) >= 11 is 0. The fraction of sp³-hybridized carbons (Fsp3) is 0.357. The van der Waals surface area contributed by atoms with Crippen LogP contribution in [-0.2, 0) is 16.0 Å². The molecule has 1 atom stereocenters. The maximum absolute atomic E-state index is 12.0. The zero-order valence-electron chi connectivity index (χ0n) is 11.1. The van der Waals surface area contributed by atoms with Crippen LogP contribution in [0.1, 0.15) is 35.7 Å². The van der Waals surface area contributed by atoms with Crippen molar-refractivity contribution in [2.24, 2.45) is 0 Å². The summed E-state index contributed by atoms with van der Waals surface area (Å²) in [6, 6.07) is 4.31. The zero-order chi connectivity index (χ0) is 14.7. The molecule has 1 unspecified atom stereocenters. The topological polar surface area (TPSA) is 95.5 Å². The number of hydrogen-bond donors (Lipinski definition) is 3. The Bertz CT molecular complexity index is 568. The van der Waals surface area contributed by atoms with Crippen molar-refractivity contribution in [1.82, 2.24) is 5.32 Å². The summed E-state index contributed by atoms with van der Waals surface area (Å²) in [6.45, 7) is 1.92. The highest BCUT2D eigenvalue weighted by Gasteiger charge is 2.27. The van der Waals surface area contributed by atoms with Gasteiger partial charge < -0.3 is 15.7 Å². The van der Waals surface area contributed by atoms with Crippen LogP contribution in [0, 0.1) is 0 Å². The van der Waals surface area contributed by atoms with Gasteiger partial charge in [-0.2, -0.15) is 0 Å². The van der Waals surface area contributed by atoms with Crippen LogP contribution in [0.3, 0.4) is 0 Å². The highest BCUT2D eigenvalue weighted by atomic mass is 16.4. The number of nitrogens with one attached hydrogen (secondary N) is 2. The van der Waals surface area contributed by atoms with Gasteiger partial charge in [0.15, 0.2) is 0 Å². The van der Waals surface area contributed by atoms with Gasteiger partial charge in [-0.1, -0.05) is 13.0 Å². The van der Waals surface area contributed by atoms with Crippen LogP contribution in [0.2, 0.25) is 0 Å². The van der Waals surface area contributed by atoms with E-state index in [1.165, 1.54) is 0 Å². The molecule has 106 valence electrons. The second-order valence-corrected chi connectivity index (χ2v) is 4.69. The first-order valence-electron chi connectivity index (χ1n) is 6.47. The fourth-order valence-electron chi connectivity index (χ4n) is 2.13. The lowest BCUT2D eigenvalue weighted by molar-refractivity contribution is -0.122. The second-order valence-electron chi connectivity index (χ2n) is 4.69. The van der Waals surface area contributed by atoms with Crippen molar-refractivity contribution < 1.29 is 19.5 Å². The molecular formula is C14H16N2O4. The number of hydrogen-bond acceptors (Lipinski definition) is 3. The molecule has 3 N–H and O–H groups in total. The molecule has 0 aromatic heterocycles. The molecule has 1 aliphatic heterocycles. The van der Waals surface area contributed by atoms with Crippen LogP contribution >= 0.6 is 0 Å². The molecule has 20 heavy (non-hydrogen) atoms. The Hall–Kier alpha value is -2.37. The van der Waals surface area contributed by atoms with Crippen LogP contribution in [0.15, 0.2) is 18.2 Å². The Labute approximate surface area is 116 Å². The summed E-state index contributed by atoms with van der Waals surface area (Å²) in [5, 5.41) is 14.3. The minimum atomic E-state index is -1.09. The van der Waals surface area contributed by atoms with Gasteiger partial charge in [0.05, 0.1) is 11.3 Å². The van der Waals surface area contributed by atoms with Crippen molar-refractivity contribution in [1.29, 1.82) is 0 Å². The molecule has 0 aliphatic carbocycles. The van der Waals surface area contributed by atoms with E-state index in [2.05, 4.69) is 10.6 Å². The molecule has 1 saturated heterocycles. The standard InChI is InChI=1S/C14H16N2O4/c1-2-8-3-4-10(9(7-8)14(19)20)16-13(18)11-5-6-12(17)15-11/h3-4,7,11H,2,5-6H2,1H3,(H,15,17)(H,16,18)(H,19,20). The quantitative estimate of drug-likeness (QED) is 0.769. The van der Waals surface area contributed by atoms with Crippen molar-refractivity contribution in [3.63, 3.8) is 0 Å². The SMILES string of the molecule is CCc1ccc(NC(=O)C2CCC(=O)N2)c(C(=O)O)c1. The average molecular weight is 276 g/mol. The van der Waals surface area contributed by atoms with E-state index in [-0.39, 0.29) is 23.1 Å². The fourth-order valence-corrected chi connectivity index (χ4v) is 2.13. The van der Waals surface area contributed by atoms with Crippen molar-refractivity contribution in [2.45, 2.75) is 32.2 Å². The molecule has 1 aromatic rings. The number of carboxylic acids is 1. The van der Waals surface area contributed by atoms with E-state index in [1.807, 2.05) is 6.92 Å². The van der Waals surface area contributed by atoms with Gasteiger partial charge >= 0.3 is 5.97 Å². The predicted molar refractivity (Wildman–Crippen MR) is 72.6 cm³/mol. The van der Waals surface area contributed by atoms with E-state index in [0.29, 0.717) is 19.3 Å². The molecule has 1 heterocycles. The van der Waals surface area contributed by atoms with Crippen LogP contribution < -0.4 is 10.6 Å². The molecule has 0 saturated carbocycles. The Morgan fingerprint density at radius 3 is 2.75 bits per heavy atom. The molecule has 0 radical (unpaired) electrons. The number of carbonyl (C=O) groups excluding carboxylic acids is 2. The number of anilines is 1. The van der Waals surface area contributed by atoms with E-state index in [1.54, 1.807) is 18.2 Å². The molecular weight excluding hydrogens is 260 g/mol. The van der Waals surface area contributed by atoms with Crippen molar-refractivity contribution >= 4 is 23.5 Å². The summed E-state index contributed by atoms with van der Waals surface area (Å²) < 4.78 is 0. The van der Waals surface area contributed by atoms with Gasteiger partial charge in [-0.05, 0) is 30.5 Å². The first-order valence-corrected chi connectivity index (χ1v) is 6.47. The number of aryl methyl sites for hydroxylation is 1. The Morgan fingerprint density at radius 2 is 2.20 bits per heavy atom. The van der Waals surface area contributed by atoms with E-state index < -0.39 is 12.0 Å². The minimum absolute atomic E-state index is 0.0574. The highest BCUT2D eigenvalue weighted by Crippen LogP contribution is 2.19. The lowest BCUT2D eigenvalue weighted by Gasteiger charge is -2.13. The van der Waals surface area contributed by atoms with Crippen LogP contribution in [0.5, 0.6) is 0 Å². The number of amides is 2. The second kappa shape index (κ2) is 5.73. The molecule has 1 aliphatic rings. The summed E-state index contributed by atoms with van der Waals surface area (Å²) in [7, 11) is 0. The number of rotatable bonds is 4. The van der Waals surface area contributed by atoms with E-state index in [9.17, 15) is 19.5 Å². The Kier molecular flexibility index (Phi) is 4.02. The molecule has 1 aromatic carbocycles. The number of carboxylic acid groups (broad SMARTS) is 1. The van der Waals surface area contributed by atoms with Gasteiger partial charge in [-0.25, -0.2) is 4.79 Å². The first-order chi connectivity index (χ1) is 9.51. The molecule has 2 amide bonds. The Balaban J connectivity index is 2.18. The largest absolute Gasteiger partial charge is 0.478 e. The highest BCUT2D eigenvalue weighted by molar-refractivity contribution is 6.04. The van der Waals surface area contributed by atoms with E-state index >= 15 is 0 Å². The van der Waals surface area contributed by atoms with E-state index in [0.717, 1.165) is 5.56 Å². The van der Waals surface area contributed by atoms with Crippen molar-refractivity contribution in [3.05, 3.63) is 29.3 Å². The molecule has 6 nitrogen and oxygen atoms in total. The van der Waals surface area contributed by atoms with Gasteiger partial charge in [-0.15, -0.1) is 0 Å². The maximum atomic E-state index is 12.0. The summed E-state index contributed by atoms with van der Waals surface area (Å²) in [5.74, 6) is -1.64. The predicted octanol–water partition coefficient (Wildman–Crippen LogP) is 1.16. The molecule has 0 spiro atoms. The molecule has 2 rings (SSSR count). The van der Waals surface area contributed by atoms with Gasteiger partial charge in [-0.3, -0.25) is 9.59 Å². The monoisotopic (exact) mass is 276 g/mol. The van der Waals surface area contributed by atoms with Crippen LogP contribution in [0.4, 0.5) is 5.69 Å². The zero-order valence-corrected chi connectivity index (χ0v) is 11.1. The van der Waals surface area contributed by atoms with Gasteiger partial charge in [0, 0.05) is 6.42 Å². The van der Waals surface area contributed by atoms with Crippen LogP contribution in [0.25, 0.3) is 0 Å². The summed E-state index contributed by atoms with van der Waals surface area (Å²) in [6.07, 6.45) is 1.46. The third-order valence-electron chi connectivity index (χ3n) is 3.29. The van der Waals surface area contributed by atoms with Crippen molar-refractivity contribution in [2.75, 3.05) is 5.32 Å². The van der Waals surface area contributed by atoms with Gasteiger partial charge in [0.2, 0.25) is 11.8 Å². The van der Waals surface area contributed by atoms with Gasteiger partial charge in [0.25, 0.3) is 0 Å². The summed E-state index contributed by atoms with van der Waals surface area (Å²) in [5.41, 5.74) is 1.19. The number of carbonyl (C=O) groups is 3. The smallest absolute Gasteiger partial charge is 0.337 e. The maximum Gasteiger partial charge on any atom is 0.337 e. The normalized spacial score (nSPS) is 17.6. The third kappa shape index (κ3) is 2.96. The lowest BCUT2D eigenvalue weighted by Crippen LogP contribution is -2.37. The molecule has 6 heteroatoms. The van der Waals surface area contributed by atoms with Crippen molar-refractivity contribution in [3.8, 4) is 0 Å². The van der Waals surface area contributed by atoms with E-state index in [4.69, 9.17) is 0 Å². The number of aromatic carboxylic acids is 1. The first kappa shape index (κ1) is 14.0. The average Bonchev–Trinajstić information content (AvgIpc) is 2.85.